The lowest BCUT2D eigenvalue weighted by atomic mass is 9.69. The molecule has 1 aromatic carbocycles. The SMILES string of the molecule is O=c1ccc2cnc(Nc3ccc(-n4cccn4)cc3)nc2n1C1CCC2CCCCC2C1. The monoisotopic (exact) mass is 440 g/mol. The van der Waals surface area contributed by atoms with Crippen LogP contribution < -0.4 is 10.9 Å². The lowest BCUT2D eigenvalue weighted by molar-refractivity contribution is 0.133. The van der Waals surface area contributed by atoms with E-state index in [9.17, 15) is 4.79 Å². The molecule has 3 heterocycles. The molecule has 0 radical (unpaired) electrons. The van der Waals surface area contributed by atoms with Gasteiger partial charge in [0.15, 0.2) is 0 Å². The fourth-order valence-corrected chi connectivity index (χ4v) is 5.78. The van der Waals surface area contributed by atoms with Gasteiger partial charge in [-0.1, -0.05) is 25.7 Å². The van der Waals surface area contributed by atoms with Crippen LogP contribution in [-0.2, 0) is 0 Å². The number of fused-ring (bicyclic) bond motifs is 2. The van der Waals surface area contributed by atoms with E-state index in [1.807, 2.05) is 58.0 Å². The molecule has 2 aliphatic carbocycles. The fourth-order valence-electron chi connectivity index (χ4n) is 5.78. The van der Waals surface area contributed by atoms with E-state index in [0.29, 0.717) is 5.95 Å². The van der Waals surface area contributed by atoms with Crippen molar-refractivity contribution in [2.75, 3.05) is 5.32 Å². The van der Waals surface area contributed by atoms with E-state index in [4.69, 9.17) is 4.98 Å². The molecule has 0 spiro atoms. The summed E-state index contributed by atoms with van der Waals surface area (Å²) in [5.74, 6) is 2.09. The van der Waals surface area contributed by atoms with Gasteiger partial charge in [0, 0.05) is 41.8 Å². The molecule has 1 N–H and O–H groups in total. The molecule has 7 nitrogen and oxygen atoms in total. The number of hydrogen-bond donors (Lipinski definition) is 1. The Balaban J connectivity index is 1.29. The lowest BCUT2D eigenvalue weighted by Crippen LogP contribution is -2.33. The molecular weight excluding hydrogens is 412 g/mol. The Labute approximate surface area is 192 Å². The van der Waals surface area contributed by atoms with Gasteiger partial charge in [-0.05, 0) is 67.5 Å². The van der Waals surface area contributed by atoms with E-state index in [2.05, 4.69) is 15.4 Å². The third kappa shape index (κ3) is 3.92. The largest absolute Gasteiger partial charge is 0.324 e. The summed E-state index contributed by atoms with van der Waals surface area (Å²) >= 11 is 0. The minimum atomic E-state index is 0.0370. The maximum Gasteiger partial charge on any atom is 0.252 e. The number of aromatic nitrogens is 5. The van der Waals surface area contributed by atoms with Crippen LogP contribution in [0.25, 0.3) is 16.7 Å². The first kappa shape index (κ1) is 20.1. The van der Waals surface area contributed by atoms with Gasteiger partial charge in [0.1, 0.15) is 5.65 Å². The number of rotatable bonds is 4. The summed E-state index contributed by atoms with van der Waals surface area (Å²) in [6.07, 6.45) is 14.2. The van der Waals surface area contributed by atoms with Crippen LogP contribution >= 0.6 is 0 Å². The minimum absolute atomic E-state index is 0.0370. The number of nitrogens with one attached hydrogen (secondary N) is 1. The quantitative estimate of drug-likeness (QED) is 0.469. The summed E-state index contributed by atoms with van der Waals surface area (Å²) in [6.45, 7) is 0. The van der Waals surface area contributed by atoms with E-state index < -0.39 is 0 Å². The molecule has 0 bridgehead atoms. The summed E-state index contributed by atoms with van der Waals surface area (Å²) < 4.78 is 3.75. The van der Waals surface area contributed by atoms with Crippen molar-refractivity contribution < 1.29 is 0 Å². The zero-order valence-electron chi connectivity index (χ0n) is 18.6. The smallest absolute Gasteiger partial charge is 0.252 e. The maximum atomic E-state index is 13.0. The van der Waals surface area contributed by atoms with Gasteiger partial charge in [0.25, 0.3) is 5.56 Å². The number of benzene rings is 1. The Morgan fingerprint density at radius 1 is 0.939 bits per heavy atom. The number of hydrogen-bond acceptors (Lipinski definition) is 5. The molecule has 3 aromatic heterocycles. The van der Waals surface area contributed by atoms with Crippen molar-refractivity contribution in [2.45, 2.75) is 51.0 Å². The first-order valence-electron chi connectivity index (χ1n) is 12.0. The molecule has 7 heteroatoms. The van der Waals surface area contributed by atoms with Crippen LogP contribution in [0.3, 0.4) is 0 Å². The summed E-state index contributed by atoms with van der Waals surface area (Å²) in [6, 6.07) is 13.6. The first-order chi connectivity index (χ1) is 16.2. The first-order valence-corrected chi connectivity index (χ1v) is 12.0. The van der Waals surface area contributed by atoms with Crippen LogP contribution in [0.5, 0.6) is 0 Å². The Bertz CT molecular complexity index is 1310. The summed E-state index contributed by atoms with van der Waals surface area (Å²) in [5.41, 5.74) is 2.64. The average Bonchev–Trinajstić information content (AvgIpc) is 3.39. The molecule has 33 heavy (non-hydrogen) atoms. The molecule has 168 valence electrons. The second-order valence-electron chi connectivity index (χ2n) is 9.41. The molecule has 2 fully saturated rings. The highest BCUT2D eigenvalue weighted by Crippen LogP contribution is 2.44. The van der Waals surface area contributed by atoms with Crippen molar-refractivity contribution in [1.82, 2.24) is 24.3 Å². The lowest BCUT2D eigenvalue weighted by Gasteiger charge is -2.40. The highest BCUT2D eigenvalue weighted by Gasteiger charge is 2.33. The van der Waals surface area contributed by atoms with E-state index in [-0.39, 0.29) is 11.6 Å². The Morgan fingerprint density at radius 3 is 2.61 bits per heavy atom. The normalized spacial score (nSPS) is 22.7. The van der Waals surface area contributed by atoms with Crippen molar-refractivity contribution in [1.29, 1.82) is 0 Å². The van der Waals surface area contributed by atoms with Gasteiger partial charge in [-0.15, -0.1) is 0 Å². The molecule has 0 saturated heterocycles. The van der Waals surface area contributed by atoms with Gasteiger partial charge in [0.2, 0.25) is 5.95 Å². The molecule has 0 aliphatic heterocycles. The second kappa shape index (κ2) is 8.46. The highest BCUT2D eigenvalue weighted by atomic mass is 16.1. The second-order valence-corrected chi connectivity index (χ2v) is 9.41. The number of anilines is 2. The summed E-state index contributed by atoms with van der Waals surface area (Å²) in [5, 5.41) is 8.46. The van der Waals surface area contributed by atoms with Crippen LogP contribution in [0.1, 0.15) is 51.0 Å². The van der Waals surface area contributed by atoms with Crippen molar-refractivity contribution in [3.63, 3.8) is 0 Å². The molecule has 2 aliphatic rings. The summed E-state index contributed by atoms with van der Waals surface area (Å²) in [4.78, 5) is 22.3. The van der Waals surface area contributed by atoms with E-state index >= 15 is 0 Å². The van der Waals surface area contributed by atoms with E-state index in [1.54, 1.807) is 12.3 Å². The van der Waals surface area contributed by atoms with Crippen molar-refractivity contribution in [3.05, 3.63) is 71.4 Å². The van der Waals surface area contributed by atoms with Gasteiger partial charge >= 0.3 is 0 Å². The minimum Gasteiger partial charge on any atom is -0.324 e. The third-order valence-electron chi connectivity index (χ3n) is 7.44. The standard InChI is InChI=1S/C26H28N6O/c33-24-13-7-20-17-27-26(29-21-8-11-22(12-9-21)31-15-3-14-28-31)30-25(20)32(24)23-10-6-18-4-1-2-5-19(18)16-23/h3,7-9,11-15,17-19,23H,1-2,4-6,10,16H2,(H,27,29,30). The number of pyridine rings is 1. The molecule has 3 unspecified atom stereocenters. The topological polar surface area (TPSA) is 77.6 Å². The van der Waals surface area contributed by atoms with Crippen molar-refractivity contribution in [2.24, 2.45) is 11.8 Å². The number of nitrogens with zero attached hydrogens (tertiary/aromatic N) is 5. The van der Waals surface area contributed by atoms with Gasteiger partial charge < -0.3 is 5.32 Å². The average molecular weight is 441 g/mol. The van der Waals surface area contributed by atoms with Crippen molar-refractivity contribution >= 4 is 22.7 Å². The highest BCUT2D eigenvalue weighted by molar-refractivity contribution is 5.75. The Morgan fingerprint density at radius 2 is 1.79 bits per heavy atom. The summed E-state index contributed by atoms with van der Waals surface area (Å²) in [7, 11) is 0. The molecular formula is C26H28N6O. The molecule has 2 saturated carbocycles. The molecule has 0 amide bonds. The predicted octanol–water partition coefficient (Wildman–Crippen LogP) is 5.25. The van der Waals surface area contributed by atoms with E-state index in [1.165, 1.54) is 32.1 Å². The zero-order chi connectivity index (χ0) is 22.2. The third-order valence-corrected chi connectivity index (χ3v) is 7.44. The van der Waals surface area contributed by atoms with Gasteiger partial charge in [-0.3, -0.25) is 9.36 Å². The Kier molecular flexibility index (Phi) is 5.17. The van der Waals surface area contributed by atoms with E-state index in [0.717, 1.165) is 47.1 Å². The molecule has 4 aromatic rings. The van der Waals surface area contributed by atoms with Gasteiger partial charge in [-0.2, -0.15) is 10.1 Å². The van der Waals surface area contributed by atoms with Crippen LogP contribution in [0.4, 0.5) is 11.6 Å². The van der Waals surface area contributed by atoms with Crippen LogP contribution in [0, 0.1) is 11.8 Å². The molecule has 6 rings (SSSR count). The van der Waals surface area contributed by atoms with Crippen molar-refractivity contribution in [3.8, 4) is 5.69 Å². The van der Waals surface area contributed by atoms with Gasteiger partial charge in [0.05, 0.1) is 5.69 Å². The Hall–Kier alpha value is -3.48. The van der Waals surface area contributed by atoms with Crippen LogP contribution in [-0.4, -0.2) is 24.3 Å². The molecule has 3 atom stereocenters. The fraction of sp³-hybridized carbons (Fsp3) is 0.385. The maximum absolute atomic E-state index is 13.0. The van der Waals surface area contributed by atoms with Crippen LogP contribution in [0.2, 0.25) is 0 Å². The zero-order valence-corrected chi connectivity index (χ0v) is 18.6. The predicted molar refractivity (Wildman–Crippen MR) is 129 cm³/mol. The van der Waals surface area contributed by atoms with Gasteiger partial charge in [-0.25, -0.2) is 9.67 Å². The van der Waals surface area contributed by atoms with Crippen LogP contribution in [0.15, 0.2) is 65.8 Å².